The molecule has 1 aliphatic heterocycles. The lowest BCUT2D eigenvalue weighted by atomic mass is 10.0. The Hall–Kier alpha value is -1.02. The Labute approximate surface area is 105 Å². The first-order valence-corrected chi connectivity index (χ1v) is 6.72. The van der Waals surface area contributed by atoms with Crippen LogP contribution in [0.5, 0.6) is 0 Å². The van der Waals surface area contributed by atoms with E-state index in [4.69, 9.17) is 5.73 Å². The molecule has 1 aromatic carbocycles. The molecule has 0 aromatic heterocycles. The zero-order valence-electron chi connectivity index (χ0n) is 11.0. The summed E-state index contributed by atoms with van der Waals surface area (Å²) in [4.78, 5) is 2.60. The molecule has 2 atom stereocenters. The first-order chi connectivity index (χ1) is 8.15. The lowest BCUT2D eigenvalue weighted by Gasteiger charge is -2.14. The molecule has 17 heavy (non-hydrogen) atoms. The molecule has 0 saturated carbocycles. The van der Waals surface area contributed by atoms with Crippen LogP contribution in [0, 0.1) is 11.8 Å². The van der Waals surface area contributed by atoms with Crippen molar-refractivity contribution in [1.29, 1.82) is 0 Å². The molecule has 94 valence electrons. The molecule has 0 amide bonds. The average Bonchev–Trinajstić information content (AvgIpc) is 2.61. The van der Waals surface area contributed by atoms with Crippen LogP contribution in [0.1, 0.15) is 25.8 Å². The molecule has 1 saturated heterocycles. The van der Waals surface area contributed by atoms with Crippen molar-refractivity contribution in [1.82, 2.24) is 4.90 Å². The van der Waals surface area contributed by atoms with Crippen LogP contribution in [-0.2, 0) is 6.42 Å². The second kappa shape index (κ2) is 5.54. The number of rotatable bonds is 4. The highest BCUT2D eigenvalue weighted by molar-refractivity contribution is 5.39. The summed E-state index contributed by atoms with van der Waals surface area (Å²) in [6.45, 7) is 8.53. The Bertz CT molecular complexity index is 334. The number of likely N-dealkylation sites (tertiary alicyclic amines) is 1. The number of hydrogen-bond acceptors (Lipinski definition) is 2. The van der Waals surface area contributed by atoms with E-state index in [-0.39, 0.29) is 0 Å². The van der Waals surface area contributed by atoms with Crippen LogP contribution >= 0.6 is 0 Å². The van der Waals surface area contributed by atoms with Gasteiger partial charge in [0.1, 0.15) is 0 Å². The fourth-order valence-corrected chi connectivity index (χ4v) is 2.62. The smallest absolute Gasteiger partial charge is 0.0314 e. The largest absolute Gasteiger partial charge is 0.399 e. The van der Waals surface area contributed by atoms with Crippen molar-refractivity contribution in [3.63, 3.8) is 0 Å². The van der Waals surface area contributed by atoms with E-state index in [1.54, 1.807) is 0 Å². The summed E-state index contributed by atoms with van der Waals surface area (Å²) in [5, 5.41) is 0. The SMILES string of the molecule is CC1CN(CCCc2ccc(N)cc2)CC1C. The summed E-state index contributed by atoms with van der Waals surface area (Å²) in [6.07, 6.45) is 2.42. The Morgan fingerprint density at radius 2 is 1.71 bits per heavy atom. The molecule has 2 heteroatoms. The minimum Gasteiger partial charge on any atom is -0.399 e. The molecular formula is C15H24N2. The lowest BCUT2D eigenvalue weighted by molar-refractivity contribution is 0.319. The molecule has 1 aromatic rings. The number of anilines is 1. The van der Waals surface area contributed by atoms with E-state index in [9.17, 15) is 0 Å². The summed E-state index contributed by atoms with van der Waals surface area (Å²) in [7, 11) is 0. The van der Waals surface area contributed by atoms with Crippen LogP contribution in [0.2, 0.25) is 0 Å². The van der Waals surface area contributed by atoms with Gasteiger partial charge in [-0.2, -0.15) is 0 Å². The van der Waals surface area contributed by atoms with Crippen LogP contribution in [0.15, 0.2) is 24.3 Å². The van der Waals surface area contributed by atoms with Crippen molar-refractivity contribution >= 4 is 5.69 Å². The fraction of sp³-hybridized carbons (Fsp3) is 0.600. The van der Waals surface area contributed by atoms with Gasteiger partial charge in [0, 0.05) is 18.8 Å². The molecule has 0 radical (unpaired) electrons. The van der Waals surface area contributed by atoms with Crippen molar-refractivity contribution in [3.8, 4) is 0 Å². The second-order valence-corrected chi connectivity index (χ2v) is 5.56. The van der Waals surface area contributed by atoms with E-state index in [0.717, 1.165) is 17.5 Å². The van der Waals surface area contributed by atoms with Gasteiger partial charge in [0.25, 0.3) is 0 Å². The van der Waals surface area contributed by atoms with Crippen molar-refractivity contribution < 1.29 is 0 Å². The summed E-state index contributed by atoms with van der Waals surface area (Å²) in [6, 6.07) is 8.28. The van der Waals surface area contributed by atoms with Crippen LogP contribution in [0.4, 0.5) is 5.69 Å². The molecule has 1 aliphatic rings. The Kier molecular flexibility index (Phi) is 4.06. The number of hydrogen-bond donors (Lipinski definition) is 1. The fourth-order valence-electron chi connectivity index (χ4n) is 2.62. The first kappa shape index (κ1) is 12.4. The van der Waals surface area contributed by atoms with E-state index in [1.807, 2.05) is 12.1 Å². The second-order valence-electron chi connectivity index (χ2n) is 5.56. The number of nitrogens with zero attached hydrogens (tertiary/aromatic N) is 1. The van der Waals surface area contributed by atoms with E-state index < -0.39 is 0 Å². The summed E-state index contributed by atoms with van der Waals surface area (Å²) in [5.74, 6) is 1.73. The zero-order chi connectivity index (χ0) is 12.3. The van der Waals surface area contributed by atoms with Crippen LogP contribution in [-0.4, -0.2) is 24.5 Å². The van der Waals surface area contributed by atoms with Gasteiger partial charge in [-0.15, -0.1) is 0 Å². The van der Waals surface area contributed by atoms with Gasteiger partial charge in [0.2, 0.25) is 0 Å². The summed E-state index contributed by atoms with van der Waals surface area (Å²) < 4.78 is 0. The predicted octanol–water partition coefficient (Wildman–Crippen LogP) is 2.79. The maximum absolute atomic E-state index is 5.68. The minimum absolute atomic E-state index is 0.857. The third-order valence-corrected chi connectivity index (χ3v) is 3.98. The van der Waals surface area contributed by atoms with E-state index in [0.29, 0.717) is 0 Å². The molecular weight excluding hydrogens is 208 g/mol. The monoisotopic (exact) mass is 232 g/mol. The number of nitrogens with two attached hydrogens (primary N) is 1. The molecule has 2 rings (SSSR count). The number of benzene rings is 1. The van der Waals surface area contributed by atoms with Crippen molar-refractivity contribution in [3.05, 3.63) is 29.8 Å². The highest BCUT2D eigenvalue weighted by atomic mass is 15.1. The van der Waals surface area contributed by atoms with Gasteiger partial charge in [0.15, 0.2) is 0 Å². The van der Waals surface area contributed by atoms with Crippen molar-refractivity contribution in [2.45, 2.75) is 26.7 Å². The van der Waals surface area contributed by atoms with Gasteiger partial charge < -0.3 is 10.6 Å². The predicted molar refractivity (Wildman–Crippen MR) is 73.9 cm³/mol. The molecule has 0 aliphatic carbocycles. The third-order valence-electron chi connectivity index (χ3n) is 3.98. The average molecular weight is 232 g/mol. The summed E-state index contributed by atoms with van der Waals surface area (Å²) in [5.41, 5.74) is 7.94. The maximum atomic E-state index is 5.68. The Balaban J connectivity index is 1.71. The lowest BCUT2D eigenvalue weighted by Crippen LogP contribution is -2.22. The van der Waals surface area contributed by atoms with Gasteiger partial charge in [-0.3, -0.25) is 0 Å². The molecule has 1 fully saturated rings. The van der Waals surface area contributed by atoms with E-state index in [1.165, 1.54) is 38.0 Å². The normalized spacial score (nSPS) is 25.3. The molecule has 0 spiro atoms. The van der Waals surface area contributed by atoms with Gasteiger partial charge in [-0.25, -0.2) is 0 Å². The van der Waals surface area contributed by atoms with Crippen molar-refractivity contribution in [2.75, 3.05) is 25.4 Å². The van der Waals surface area contributed by atoms with E-state index >= 15 is 0 Å². The van der Waals surface area contributed by atoms with Gasteiger partial charge in [-0.05, 0) is 48.9 Å². The number of aryl methyl sites for hydroxylation is 1. The van der Waals surface area contributed by atoms with Crippen LogP contribution < -0.4 is 5.73 Å². The molecule has 0 bridgehead atoms. The Morgan fingerprint density at radius 1 is 1.12 bits per heavy atom. The molecule has 2 N–H and O–H groups in total. The molecule has 2 nitrogen and oxygen atoms in total. The first-order valence-electron chi connectivity index (χ1n) is 6.72. The standard InChI is InChI=1S/C15H24N2/c1-12-10-17(11-13(12)2)9-3-4-14-5-7-15(16)8-6-14/h5-8,12-13H,3-4,9-11,16H2,1-2H3. The highest BCUT2D eigenvalue weighted by Crippen LogP contribution is 2.22. The van der Waals surface area contributed by atoms with Crippen LogP contribution in [0.25, 0.3) is 0 Å². The Morgan fingerprint density at radius 3 is 2.29 bits per heavy atom. The highest BCUT2D eigenvalue weighted by Gasteiger charge is 2.24. The van der Waals surface area contributed by atoms with Crippen molar-refractivity contribution in [2.24, 2.45) is 11.8 Å². The zero-order valence-corrected chi connectivity index (χ0v) is 11.0. The quantitative estimate of drug-likeness (QED) is 0.809. The maximum Gasteiger partial charge on any atom is 0.0314 e. The third kappa shape index (κ3) is 3.47. The molecule has 1 heterocycles. The van der Waals surface area contributed by atoms with E-state index in [2.05, 4.69) is 30.9 Å². The topological polar surface area (TPSA) is 29.3 Å². The van der Waals surface area contributed by atoms with Gasteiger partial charge in [0.05, 0.1) is 0 Å². The van der Waals surface area contributed by atoms with Gasteiger partial charge >= 0.3 is 0 Å². The molecule has 2 unspecified atom stereocenters. The number of nitrogen functional groups attached to an aromatic ring is 1. The van der Waals surface area contributed by atoms with Crippen LogP contribution in [0.3, 0.4) is 0 Å². The van der Waals surface area contributed by atoms with Gasteiger partial charge in [-0.1, -0.05) is 26.0 Å². The minimum atomic E-state index is 0.857. The summed E-state index contributed by atoms with van der Waals surface area (Å²) >= 11 is 0.